The second kappa shape index (κ2) is 7.31. The van der Waals surface area contributed by atoms with Gasteiger partial charge in [-0.1, -0.05) is 13.0 Å². The van der Waals surface area contributed by atoms with Crippen molar-refractivity contribution in [1.29, 1.82) is 0 Å². The van der Waals surface area contributed by atoms with Gasteiger partial charge in [0.2, 0.25) is 0 Å². The Morgan fingerprint density at radius 2 is 2.33 bits per heavy atom. The smallest absolute Gasteiger partial charge is 0.0414 e. The molecule has 1 heterocycles. The van der Waals surface area contributed by atoms with Crippen molar-refractivity contribution < 1.29 is 0 Å². The van der Waals surface area contributed by atoms with Crippen LogP contribution in [0.1, 0.15) is 37.6 Å². The Hall–Kier alpha value is 0.01000. The van der Waals surface area contributed by atoms with E-state index < -0.39 is 0 Å². The minimum Gasteiger partial charge on any atom is -0.307 e. The molecule has 0 spiro atoms. The first-order chi connectivity index (χ1) is 7.27. The van der Waals surface area contributed by atoms with Crippen LogP contribution in [0, 0.1) is 0 Å². The number of thioether (sulfide) groups is 1. The van der Waals surface area contributed by atoms with E-state index >= 15 is 0 Å². The van der Waals surface area contributed by atoms with E-state index in [1.54, 1.807) is 0 Å². The van der Waals surface area contributed by atoms with E-state index in [2.05, 4.69) is 42.9 Å². The van der Waals surface area contributed by atoms with E-state index in [-0.39, 0.29) is 0 Å². The third-order valence-corrected chi connectivity index (χ3v) is 4.17. The zero-order valence-corrected chi connectivity index (χ0v) is 11.5. The second-order valence-electron chi connectivity index (χ2n) is 3.83. The number of hydrogen-bond acceptors (Lipinski definition) is 3. The fourth-order valence-corrected chi connectivity index (χ4v) is 3.07. The molecular weight excluding hydrogens is 222 g/mol. The van der Waals surface area contributed by atoms with Gasteiger partial charge in [0.25, 0.3) is 0 Å². The zero-order valence-electron chi connectivity index (χ0n) is 9.82. The lowest BCUT2D eigenvalue weighted by Crippen LogP contribution is -2.30. The van der Waals surface area contributed by atoms with Crippen molar-refractivity contribution in [2.45, 2.75) is 38.8 Å². The average Bonchev–Trinajstić information content (AvgIpc) is 2.76. The van der Waals surface area contributed by atoms with Crippen LogP contribution in [0.15, 0.2) is 17.5 Å². The van der Waals surface area contributed by atoms with Gasteiger partial charge in [-0.05, 0) is 43.2 Å². The molecule has 2 unspecified atom stereocenters. The van der Waals surface area contributed by atoms with Gasteiger partial charge in [-0.2, -0.15) is 11.8 Å². The van der Waals surface area contributed by atoms with Crippen LogP contribution in [0.25, 0.3) is 0 Å². The molecule has 0 aliphatic carbocycles. The minimum absolute atomic E-state index is 0.543. The summed E-state index contributed by atoms with van der Waals surface area (Å²) in [5, 5.41) is 5.86. The maximum atomic E-state index is 3.70. The predicted molar refractivity (Wildman–Crippen MR) is 72.9 cm³/mol. The van der Waals surface area contributed by atoms with Crippen molar-refractivity contribution in [3.63, 3.8) is 0 Å². The highest BCUT2D eigenvalue weighted by Gasteiger charge is 2.12. The highest BCUT2D eigenvalue weighted by Crippen LogP contribution is 2.22. The van der Waals surface area contributed by atoms with E-state index in [4.69, 9.17) is 0 Å². The SMILES string of the molecule is CCC(NC(C)CCSC)c1cccs1. The monoisotopic (exact) mass is 243 g/mol. The van der Waals surface area contributed by atoms with Gasteiger partial charge < -0.3 is 5.32 Å². The number of rotatable bonds is 7. The quantitative estimate of drug-likeness (QED) is 0.779. The fourth-order valence-electron chi connectivity index (χ4n) is 1.61. The molecule has 15 heavy (non-hydrogen) atoms. The van der Waals surface area contributed by atoms with Gasteiger partial charge in [0.15, 0.2) is 0 Å². The largest absolute Gasteiger partial charge is 0.307 e. The van der Waals surface area contributed by atoms with E-state index in [9.17, 15) is 0 Å². The third-order valence-electron chi connectivity index (χ3n) is 2.54. The first-order valence-corrected chi connectivity index (χ1v) is 7.83. The van der Waals surface area contributed by atoms with Crippen LogP contribution in [0.5, 0.6) is 0 Å². The van der Waals surface area contributed by atoms with Crippen LogP contribution >= 0.6 is 23.1 Å². The van der Waals surface area contributed by atoms with Crippen molar-refractivity contribution in [3.8, 4) is 0 Å². The molecule has 2 atom stereocenters. The third kappa shape index (κ3) is 4.58. The standard InChI is InChI=1S/C12H21NS2/c1-4-11(12-6-5-8-15-12)13-10(2)7-9-14-3/h5-6,8,10-11,13H,4,7,9H2,1-3H3. The maximum absolute atomic E-state index is 3.70. The molecule has 1 nitrogen and oxygen atoms in total. The maximum Gasteiger partial charge on any atom is 0.0414 e. The molecule has 0 aliphatic rings. The summed E-state index contributed by atoms with van der Waals surface area (Å²) in [6.07, 6.45) is 4.59. The van der Waals surface area contributed by atoms with Gasteiger partial charge in [0.05, 0.1) is 0 Å². The van der Waals surface area contributed by atoms with Gasteiger partial charge in [0, 0.05) is 17.0 Å². The zero-order chi connectivity index (χ0) is 11.1. The molecule has 0 aliphatic heterocycles. The summed E-state index contributed by atoms with van der Waals surface area (Å²) >= 11 is 3.78. The van der Waals surface area contributed by atoms with Crippen LogP contribution in [0.2, 0.25) is 0 Å². The molecule has 1 N–H and O–H groups in total. The summed E-state index contributed by atoms with van der Waals surface area (Å²) in [5.74, 6) is 1.25. The van der Waals surface area contributed by atoms with Crippen LogP contribution in [-0.2, 0) is 0 Å². The summed E-state index contributed by atoms with van der Waals surface area (Å²) in [6, 6.07) is 5.52. The molecule has 0 saturated carbocycles. The van der Waals surface area contributed by atoms with Crippen molar-refractivity contribution in [2.24, 2.45) is 0 Å². The van der Waals surface area contributed by atoms with Crippen molar-refractivity contribution >= 4 is 23.1 Å². The van der Waals surface area contributed by atoms with E-state index in [0.717, 1.165) is 0 Å². The van der Waals surface area contributed by atoms with E-state index in [1.807, 2.05) is 23.1 Å². The Labute approximate surface area is 102 Å². The molecule has 1 aromatic heterocycles. The molecule has 86 valence electrons. The molecule has 0 amide bonds. The number of thiophene rings is 1. The topological polar surface area (TPSA) is 12.0 Å². The van der Waals surface area contributed by atoms with Crippen LogP contribution < -0.4 is 5.32 Å². The molecular formula is C12H21NS2. The Morgan fingerprint density at radius 3 is 2.87 bits per heavy atom. The summed E-state index contributed by atoms with van der Waals surface area (Å²) in [6.45, 7) is 4.53. The highest BCUT2D eigenvalue weighted by molar-refractivity contribution is 7.98. The molecule has 1 rings (SSSR count). The van der Waals surface area contributed by atoms with Gasteiger partial charge >= 0.3 is 0 Å². The van der Waals surface area contributed by atoms with Gasteiger partial charge in [-0.25, -0.2) is 0 Å². The molecule has 0 saturated heterocycles. The molecule has 0 aromatic carbocycles. The summed E-state index contributed by atoms with van der Waals surface area (Å²) in [7, 11) is 0. The second-order valence-corrected chi connectivity index (χ2v) is 5.79. The molecule has 0 bridgehead atoms. The normalized spacial score (nSPS) is 15.1. The van der Waals surface area contributed by atoms with Gasteiger partial charge in [-0.3, -0.25) is 0 Å². The van der Waals surface area contributed by atoms with Crippen molar-refractivity contribution in [1.82, 2.24) is 5.32 Å². The molecule has 3 heteroatoms. The molecule has 0 radical (unpaired) electrons. The summed E-state index contributed by atoms with van der Waals surface area (Å²) in [4.78, 5) is 1.47. The molecule has 0 fully saturated rings. The Bertz CT molecular complexity index is 246. The first kappa shape index (κ1) is 13.1. The van der Waals surface area contributed by atoms with E-state index in [0.29, 0.717) is 12.1 Å². The predicted octanol–water partition coefficient (Wildman–Crippen LogP) is 3.93. The van der Waals surface area contributed by atoms with Gasteiger partial charge in [0.1, 0.15) is 0 Å². The fraction of sp³-hybridized carbons (Fsp3) is 0.667. The minimum atomic E-state index is 0.543. The summed E-state index contributed by atoms with van der Waals surface area (Å²) in [5.41, 5.74) is 0. The lowest BCUT2D eigenvalue weighted by molar-refractivity contribution is 0.444. The number of hydrogen-bond donors (Lipinski definition) is 1. The lowest BCUT2D eigenvalue weighted by Gasteiger charge is -2.21. The Balaban J connectivity index is 2.40. The lowest BCUT2D eigenvalue weighted by atomic mass is 10.1. The highest BCUT2D eigenvalue weighted by atomic mass is 32.2. The number of nitrogens with one attached hydrogen (secondary N) is 1. The van der Waals surface area contributed by atoms with Crippen molar-refractivity contribution in [3.05, 3.63) is 22.4 Å². The Morgan fingerprint density at radius 1 is 1.53 bits per heavy atom. The Kier molecular flexibility index (Phi) is 6.37. The van der Waals surface area contributed by atoms with Crippen LogP contribution in [-0.4, -0.2) is 18.1 Å². The van der Waals surface area contributed by atoms with Crippen molar-refractivity contribution in [2.75, 3.05) is 12.0 Å². The summed E-state index contributed by atoms with van der Waals surface area (Å²) < 4.78 is 0. The van der Waals surface area contributed by atoms with Crippen LogP contribution in [0.4, 0.5) is 0 Å². The van der Waals surface area contributed by atoms with Gasteiger partial charge in [-0.15, -0.1) is 11.3 Å². The van der Waals surface area contributed by atoms with E-state index in [1.165, 1.54) is 23.5 Å². The van der Waals surface area contributed by atoms with Crippen LogP contribution in [0.3, 0.4) is 0 Å². The molecule has 1 aromatic rings. The first-order valence-electron chi connectivity index (χ1n) is 5.56. The average molecular weight is 243 g/mol.